The van der Waals surface area contributed by atoms with Gasteiger partial charge in [0.1, 0.15) is 5.82 Å². The van der Waals surface area contributed by atoms with Crippen LogP contribution in [0.1, 0.15) is 19.3 Å². The minimum atomic E-state index is -0.0947. The molecule has 0 amide bonds. The highest BCUT2D eigenvalue weighted by Crippen LogP contribution is 2.39. The van der Waals surface area contributed by atoms with Crippen LogP contribution in [-0.2, 0) is 0 Å². The van der Waals surface area contributed by atoms with E-state index in [1.54, 1.807) is 6.20 Å². The number of nitrogens with zero attached hydrogens (tertiary/aromatic N) is 4. The molecule has 2 aromatic rings. The summed E-state index contributed by atoms with van der Waals surface area (Å²) in [6.07, 6.45) is 6.27. The van der Waals surface area contributed by atoms with E-state index in [-0.39, 0.29) is 12.0 Å². The first kappa shape index (κ1) is 14.6. The van der Waals surface area contributed by atoms with Gasteiger partial charge in [-0.05, 0) is 37.9 Å². The van der Waals surface area contributed by atoms with Crippen molar-refractivity contribution in [3.63, 3.8) is 0 Å². The van der Waals surface area contributed by atoms with Gasteiger partial charge in [0.15, 0.2) is 0 Å². The molecule has 2 N–H and O–H groups in total. The van der Waals surface area contributed by atoms with Gasteiger partial charge in [-0.2, -0.15) is 4.98 Å². The minimum absolute atomic E-state index is 0.0947. The first-order valence-electron chi connectivity index (χ1n) is 8.13. The Labute approximate surface area is 134 Å². The van der Waals surface area contributed by atoms with Gasteiger partial charge in [-0.3, -0.25) is 0 Å². The summed E-state index contributed by atoms with van der Waals surface area (Å²) in [5.41, 5.74) is 0.777. The highest BCUT2D eigenvalue weighted by atomic mass is 16.5. The summed E-state index contributed by atoms with van der Waals surface area (Å²) in [4.78, 5) is 11.0. The predicted molar refractivity (Wildman–Crippen MR) is 84.9 cm³/mol. The normalized spacial score (nSPS) is 27.7. The Hall–Kier alpha value is -1.99. The van der Waals surface area contributed by atoms with E-state index < -0.39 is 0 Å². The van der Waals surface area contributed by atoms with Crippen molar-refractivity contribution in [2.45, 2.75) is 25.3 Å². The van der Waals surface area contributed by atoms with Crippen molar-refractivity contribution in [1.82, 2.24) is 20.4 Å². The van der Waals surface area contributed by atoms with Crippen LogP contribution in [0.4, 0.5) is 5.82 Å². The fraction of sp³-hybridized carbons (Fsp3) is 0.562. The second kappa shape index (κ2) is 5.90. The van der Waals surface area contributed by atoms with Crippen LogP contribution >= 0.6 is 0 Å². The Morgan fingerprint density at radius 2 is 2.39 bits per heavy atom. The molecule has 7 nitrogen and oxygen atoms in total. The number of piperidine rings is 2. The number of aliphatic hydroxyl groups excluding tert-OH is 1. The van der Waals surface area contributed by atoms with E-state index in [2.05, 4.69) is 25.3 Å². The first-order chi connectivity index (χ1) is 11.3. The van der Waals surface area contributed by atoms with Crippen LogP contribution in [0, 0.1) is 5.41 Å². The van der Waals surface area contributed by atoms with Gasteiger partial charge < -0.3 is 19.8 Å². The van der Waals surface area contributed by atoms with Gasteiger partial charge in [-0.15, -0.1) is 0 Å². The molecule has 0 bridgehead atoms. The summed E-state index contributed by atoms with van der Waals surface area (Å²) in [6.45, 7) is 2.94. The number of nitrogens with one attached hydrogen (secondary N) is 1. The molecule has 0 aromatic carbocycles. The molecule has 4 heterocycles. The number of pyridine rings is 1. The van der Waals surface area contributed by atoms with E-state index in [0.717, 1.165) is 50.3 Å². The second-order valence-electron chi connectivity index (χ2n) is 6.47. The molecule has 23 heavy (non-hydrogen) atoms. The Morgan fingerprint density at radius 1 is 1.43 bits per heavy atom. The average Bonchev–Trinajstić information content (AvgIpc) is 3.15. The van der Waals surface area contributed by atoms with Gasteiger partial charge in [-0.25, -0.2) is 4.98 Å². The van der Waals surface area contributed by atoms with Gasteiger partial charge in [0, 0.05) is 30.7 Å². The third kappa shape index (κ3) is 2.49. The molecule has 2 aliphatic rings. The zero-order chi connectivity index (χ0) is 15.7. The third-order valence-corrected chi connectivity index (χ3v) is 5.18. The van der Waals surface area contributed by atoms with Crippen molar-refractivity contribution in [3.05, 3.63) is 24.7 Å². The first-order valence-corrected chi connectivity index (χ1v) is 8.13. The fourth-order valence-corrected chi connectivity index (χ4v) is 3.98. The standard InChI is InChI=1S/C16H21N5O2/c22-10-16-5-2-7-17-13(16)4-8-21(9-16)15-12(3-1-6-18-15)14-19-11-23-20-14/h1,3,6,11,13,17,22H,2,4-5,7-10H2/t13-,16-/m1/s1. The number of aliphatic hydroxyl groups is 1. The summed E-state index contributed by atoms with van der Waals surface area (Å²) in [6, 6.07) is 4.23. The average molecular weight is 315 g/mol. The lowest BCUT2D eigenvalue weighted by molar-refractivity contribution is 0.0403. The molecule has 2 fully saturated rings. The van der Waals surface area contributed by atoms with E-state index >= 15 is 0 Å². The van der Waals surface area contributed by atoms with Crippen LogP contribution in [0.25, 0.3) is 11.4 Å². The van der Waals surface area contributed by atoms with Gasteiger partial charge in [0.05, 0.1) is 12.2 Å². The predicted octanol–water partition coefficient (Wildman–Crippen LogP) is 1.07. The SMILES string of the molecule is OC[C@]12CCCN[C@@H]1CCN(c1ncccc1-c1ncon1)C2. The smallest absolute Gasteiger partial charge is 0.214 e. The Balaban J connectivity index is 1.67. The number of fused-ring (bicyclic) bond motifs is 1. The van der Waals surface area contributed by atoms with E-state index in [0.29, 0.717) is 11.9 Å². The Bertz CT molecular complexity index is 662. The van der Waals surface area contributed by atoms with Crippen LogP contribution in [0.3, 0.4) is 0 Å². The van der Waals surface area contributed by atoms with Crippen molar-refractivity contribution in [3.8, 4) is 11.4 Å². The summed E-state index contributed by atoms with van der Waals surface area (Å²) >= 11 is 0. The number of hydrogen-bond donors (Lipinski definition) is 2. The molecule has 0 unspecified atom stereocenters. The minimum Gasteiger partial charge on any atom is -0.396 e. The van der Waals surface area contributed by atoms with E-state index in [9.17, 15) is 5.11 Å². The number of aromatic nitrogens is 3. The molecule has 0 saturated carbocycles. The molecule has 0 spiro atoms. The topological polar surface area (TPSA) is 87.3 Å². The van der Waals surface area contributed by atoms with Crippen molar-refractivity contribution in [2.75, 3.05) is 31.1 Å². The molecule has 2 atom stereocenters. The Kier molecular flexibility index (Phi) is 3.74. The third-order valence-electron chi connectivity index (χ3n) is 5.18. The van der Waals surface area contributed by atoms with Crippen LogP contribution in [-0.4, -0.2) is 52.5 Å². The van der Waals surface area contributed by atoms with E-state index in [1.165, 1.54) is 6.39 Å². The molecular weight excluding hydrogens is 294 g/mol. The summed E-state index contributed by atoms with van der Waals surface area (Å²) < 4.78 is 4.88. The van der Waals surface area contributed by atoms with Crippen molar-refractivity contribution in [2.24, 2.45) is 5.41 Å². The Morgan fingerprint density at radius 3 is 3.22 bits per heavy atom. The van der Waals surface area contributed by atoms with Crippen LogP contribution in [0.15, 0.2) is 29.2 Å². The highest BCUT2D eigenvalue weighted by molar-refractivity contribution is 5.70. The number of rotatable bonds is 3. The molecule has 7 heteroatoms. The second-order valence-corrected chi connectivity index (χ2v) is 6.47. The zero-order valence-electron chi connectivity index (χ0n) is 13.0. The molecule has 2 aromatic heterocycles. The molecule has 0 aliphatic carbocycles. The van der Waals surface area contributed by atoms with Crippen molar-refractivity contribution >= 4 is 5.82 Å². The number of anilines is 1. The van der Waals surface area contributed by atoms with Crippen molar-refractivity contribution in [1.29, 1.82) is 0 Å². The van der Waals surface area contributed by atoms with Gasteiger partial charge in [-0.1, -0.05) is 5.16 Å². The monoisotopic (exact) mass is 315 g/mol. The maximum Gasteiger partial charge on any atom is 0.214 e. The largest absolute Gasteiger partial charge is 0.396 e. The van der Waals surface area contributed by atoms with E-state index in [4.69, 9.17) is 4.52 Å². The van der Waals surface area contributed by atoms with Crippen molar-refractivity contribution < 1.29 is 9.63 Å². The molecule has 4 rings (SSSR count). The summed E-state index contributed by atoms with van der Waals surface area (Å²) in [7, 11) is 0. The molecule has 2 saturated heterocycles. The number of hydrogen-bond acceptors (Lipinski definition) is 7. The van der Waals surface area contributed by atoms with Crippen LogP contribution < -0.4 is 10.2 Å². The fourth-order valence-electron chi connectivity index (χ4n) is 3.98. The highest BCUT2D eigenvalue weighted by Gasteiger charge is 2.45. The summed E-state index contributed by atoms with van der Waals surface area (Å²) in [5, 5.41) is 17.6. The van der Waals surface area contributed by atoms with Crippen LogP contribution in [0.2, 0.25) is 0 Å². The lowest BCUT2D eigenvalue weighted by atomic mass is 9.70. The quantitative estimate of drug-likeness (QED) is 0.876. The lowest BCUT2D eigenvalue weighted by Gasteiger charge is -2.51. The van der Waals surface area contributed by atoms with E-state index in [1.807, 2.05) is 12.1 Å². The summed E-state index contributed by atoms with van der Waals surface area (Å²) in [5.74, 6) is 1.42. The molecule has 0 radical (unpaired) electrons. The maximum absolute atomic E-state index is 10.1. The molecule has 2 aliphatic heterocycles. The molecule has 122 valence electrons. The lowest BCUT2D eigenvalue weighted by Crippen LogP contribution is -2.61. The maximum atomic E-state index is 10.1. The van der Waals surface area contributed by atoms with Crippen LogP contribution in [0.5, 0.6) is 0 Å². The van der Waals surface area contributed by atoms with Gasteiger partial charge in [0.25, 0.3) is 0 Å². The zero-order valence-corrected chi connectivity index (χ0v) is 13.0. The molecular formula is C16H21N5O2. The van der Waals surface area contributed by atoms with Gasteiger partial charge in [0.2, 0.25) is 12.2 Å². The van der Waals surface area contributed by atoms with Gasteiger partial charge >= 0.3 is 0 Å².